The molecule has 0 aliphatic carbocycles. The maximum absolute atomic E-state index is 13.0. The van der Waals surface area contributed by atoms with Crippen molar-refractivity contribution in [2.45, 2.75) is 13.0 Å². The van der Waals surface area contributed by atoms with Gasteiger partial charge in [0.15, 0.2) is 11.6 Å². The van der Waals surface area contributed by atoms with Crippen molar-refractivity contribution >= 4 is 11.6 Å². The average molecular weight is 320 g/mol. The number of hydrogen-bond donors (Lipinski definition) is 2. The fourth-order valence-corrected chi connectivity index (χ4v) is 2.07. The van der Waals surface area contributed by atoms with E-state index in [1.165, 1.54) is 6.07 Å². The van der Waals surface area contributed by atoms with E-state index < -0.39 is 11.6 Å². The van der Waals surface area contributed by atoms with Crippen LogP contribution in [0, 0.1) is 11.6 Å². The molecule has 0 saturated carbocycles. The summed E-state index contributed by atoms with van der Waals surface area (Å²) in [6.45, 7) is 1.02. The lowest BCUT2D eigenvalue weighted by Crippen LogP contribution is -2.21. The van der Waals surface area contributed by atoms with Crippen molar-refractivity contribution in [1.82, 2.24) is 5.32 Å². The van der Waals surface area contributed by atoms with E-state index in [2.05, 4.69) is 10.6 Å². The van der Waals surface area contributed by atoms with Crippen LogP contribution in [0.3, 0.4) is 0 Å². The molecule has 2 aromatic carbocycles. The number of carbonyl (C=O) groups excluding carboxylic acids is 1. The largest absolute Gasteiger partial charge is 0.496 e. The van der Waals surface area contributed by atoms with E-state index >= 15 is 0 Å². The fourth-order valence-electron chi connectivity index (χ4n) is 2.07. The standard InChI is InChI=1S/C17H18F2N2O2/c1-23-16-5-3-2-4-12(16)11-20-9-8-17(22)21-13-6-7-14(18)15(19)10-13/h2-7,10,20H,8-9,11H2,1H3,(H,21,22). The minimum Gasteiger partial charge on any atom is -0.496 e. The SMILES string of the molecule is COc1ccccc1CNCCC(=O)Nc1ccc(F)c(F)c1. The quantitative estimate of drug-likeness (QED) is 0.771. The number of halogens is 2. The second-order valence-corrected chi connectivity index (χ2v) is 4.92. The fraction of sp³-hybridized carbons (Fsp3) is 0.235. The van der Waals surface area contributed by atoms with Gasteiger partial charge < -0.3 is 15.4 Å². The predicted molar refractivity (Wildman–Crippen MR) is 84.3 cm³/mol. The Labute approximate surface area is 133 Å². The van der Waals surface area contributed by atoms with Crippen molar-refractivity contribution in [2.24, 2.45) is 0 Å². The van der Waals surface area contributed by atoms with Gasteiger partial charge in [0.25, 0.3) is 0 Å². The van der Waals surface area contributed by atoms with Crippen molar-refractivity contribution in [3.8, 4) is 5.75 Å². The average Bonchev–Trinajstić information content (AvgIpc) is 2.55. The molecule has 2 aromatic rings. The highest BCUT2D eigenvalue weighted by Gasteiger charge is 2.06. The second-order valence-electron chi connectivity index (χ2n) is 4.92. The summed E-state index contributed by atoms with van der Waals surface area (Å²) < 4.78 is 31.1. The van der Waals surface area contributed by atoms with Crippen molar-refractivity contribution in [1.29, 1.82) is 0 Å². The van der Waals surface area contributed by atoms with Crippen molar-refractivity contribution < 1.29 is 18.3 Å². The molecule has 0 fully saturated rings. The molecule has 0 aliphatic rings. The van der Waals surface area contributed by atoms with Crippen molar-refractivity contribution in [2.75, 3.05) is 19.0 Å². The molecule has 0 saturated heterocycles. The maximum atomic E-state index is 13.0. The molecule has 2 N–H and O–H groups in total. The summed E-state index contributed by atoms with van der Waals surface area (Å²) in [5, 5.41) is 5.66. The lowest BCUT2D eigenvalue weighted by Gasteiger charge is -2.09. The van der Waals surface area contributed by atoms with Crippen LogP contribution >= 0.6 is 0 Å². The Morgan fingerprint density at radius 1 is 1.13 bits per heavy atom. The van der Waals surface area contributed by atoms with Crippen LogP contribution in [0.25, 0.3) is 0 Å². The highest BCUT2D eigenvalue weighted by molar-refractivity contribution is 5.90. The number of hydrogen-bond acceptors (Lipinski definition) is 3. The third kappa shape index (κ3) is 5.03. The summed E-state index contributed by atoms with van der Waals surface area (Å²) in [6, 6.07) is 10.9. The Morgan fingerprint density at radius 2 is 1.91 bits per heavy atom. The third-order valence-corrected chi connectivity index (χ3v) is 3.24. The number of methoxy groups -OCH3 is 1. The van der Waals surface area contributed by atoms with Gasteiger partial charge in [-0.3, -0.25) is 4.79 Å². The van der Waals surface area contributed by atoms with Crippen molar-refractivity contribution in [3.05, 3.63) is 59.7 Å². The second kappa shape index (κ2) is 8.24. The molecule has 0 atom stereocenters. The van der Waals surface area contributed by atoms with Crippen LogP contribution in [-0.4, -0.2) is 19.6 Å². The number of anilines is 1. The van der Waals surface area contributed by atoms with Crippen LogP contribution in [0.5, 0.6) is 5.75 Å². The number of para-hydroxylation sites is 1. The third-order valence-electron chi connectivity index (χ3n) is 3.24. The molecule has 23 heavy (non-hydrogen) atoms. The summed E-state index contributed by atoms with van der Waals surface area (Å²) in [7, 11) is 1.61. The van der Waals surface area contributed by atoms with Gasteiger partial charge in [0.1, 0.15) is 5.75 Å². The van der Waals surface area contributed by atoms with Gasteiger partial charge in [0.05, 0.1) is 7.11 Å². The first-order chi connectivity index (χ1) is 11.1. The topological polar surface area (TPSA) is 50.4 Å². The van der Waals surface area contributed by atoms with Gasteiger partial charge in [-0.1, -0.05) is 18.2 Å². The smallest absolute Gasteiger partial charge is 0.225 e. The van der Waals surface area contributed by atoms with Gasteiger partial charge in [-0.15, -0.1) is 0 Å². The Kier molecular flexibility index (Phi) is 6.05. The Hall–Kier alpha value is -2.47. The summed E-state index contributed by atoms with van der Waals surface area (Å²) in [4.78, 5) is 11.8. The molecule has 0 spiro atoms. The highest BCUT2D eigenvalue weighted by Crippen LogP contribution is 2.16. The van der Waals surface area contributed by atoms with Gasteiger partial charge in [-0.2, -0.15) is 0 Å². The predicted octanol–water partition coefficient (Wildman–Crippen LogP) is 3.09. The molecule has 0 aliphatic heterocycles. The molecule has 0 aromatic heterocycles. The van der Waals surface area contributed by atoms with Gasteiger partial charge in [-0.25, -0.2) is 8.78 Å². The molecule has 4 nitrogen and oxygen atoms in total. The zero-order chi connectivity index (χ0) is 16.7. The zero-order valence-electron chi connectivity index (χ0n) is 12.7. The molecular weight excluding hydrogens is 302 g/mol. The van der Waals surface area contributed by atoms with E-state index in [4.69, 9.17) is 4.74 Å². The summed E-state index contributed by atoms with van der Waals surface area (Å²) in [5.74, 6) is -1.42. The molecule has 2 rings (SSSR count). The Morgan fingerprint density at radius 3 is 2.65 bits per heavy atom. The Bertz CT molecular complexity index is 677. The van der Waals surface area contributed by atoms with Gasteiger partial charge in [0.2, 0.25) is 5.91 Å². The lowest BCUT2D eigenvalue weighted by molar-refractivity contribution is -0.116. The lowest BCUT2D eigenvalue weighted by atomic mass is 10.2. The summed E-state index contributed by atoms with van der Waals surface area (Å²) in [6.07, 6.45) is 0.216. The van der Waals surface area contributed by atoms with Crippen LogP contribution in [0.1, 0.15) is 12.0 Å². The van der Waals surface area contributed by atoms with Crippen LogP contribution in [0.2, 0.25) is 0 Å². The maximum Gasteiger partial charge on any atom is 0.225 e. The monoisotopic (exact) mass is 320 g/mol. The van der Waals surface area contributed by atoms with Crippen molar-refractivity contribution in [3.63, 3.8) is 0 Å². The zero-order valence-corrected chi connectivity index (χ0v) is 12.7. The first kappa shape index (κ1) is 16.9. The van der Waals surface area contributed by atoms with E-state index in [-0.39, 0.29) is 18.0 Å². The number of ether oxygens (including phenoxy) is 1. The minimum atomic E-state index is -0.989. The first-order valence-corrected chi connectivity index (χ1v) is 7.17. The first-order valence-electron chi connectivity index (χ1n) is 7.17. The van der Waals surface area contributed by atoms with Gasteiger partial charge in [0, 0.05) is 36.8 Å². The van der Waals surface area contributed by atoms with E-state index in [0.717, 1.165) is 23.4 Å². The van der Waals surface area contributed by atoms with Crippen LogP contribution in [0.15, 0.2) is 42.5 Å². The Balaban J connectivity index is 1.75. The molecule has 1 amide bonds. The number of carbonyl (C=O) groups is 1. The molecule has 0 unspecified atom stereocenters. The number of benzene rings is 2. The molecule has 0 radical (unpaired) electrons. The van der Waals surface area contributed by atoms with E-state index in [1.54, 1.807) is 7.11 Å². The van der Waals surface area contributed by atoms with Gasteiger partial charge >= 0.3 is 0 Å². The minimum absolute atomic E-state index is 0.216. The summed E-state index contributed by atoms with van der Waals surface area (Å²) in [5.41, 5.74) is 1.23. The highest BCUT2D eigenvalue weighted by atomic mass is 19.2. The molecule has 0 heterocycles. The van der Waals surface area contributed by atoms with E-state index in [1.807, 2.05) is 24.3 Å². The number of amides is 1. The summed E-state index contributed by atoms with van der Waals surface area (Å²) >= 11 is 0. The van der Waals surface area contributed by atoms with Crippen LogP contribution < -0.4 is 15.4 Å². The molecular formula is C17H18F2N2O2. The molecule has 0 bridgehead atoms. The van der Waals surface area contributed by atoms with Crippen LogP contribution in [-0.2, 0) is 11.3 Å². The van der Waals surface area contributed by atoms with E-state index in [9.17, 15) is 13.6 Å². The normalized spacial score (nSPS) is 10.4. The number of nitrogens with one attached hydrogen (secondary N) is 2. The van der Waals surface area contributed by atoms with Crippen LogP contribution in [0.4, 0.5) is 14.5 Å². The molecule has 6 heteroatoms. The molecule has 122 valence electrons. The number of rotatable bonds is 7. The van der Waals surface area contributed by atoms with E-state index in [0.29, 0.717) is 13.1 Å². The van der Waals surface area contributed by atoms with Gasteiger partial charge in [-0.05, 0) is 18.2 Å².